The van der Waals surface area contributed by atoms with Gasteiger partial charge in [-0.2, -0.15) is 0 Å². The van der Waals surface area contributed by atoms with E-state index < -0.39 is 5.25 Å². The number of methoxy groups -OCH3 is 1. The summed E-state index contributed by atoms with van der Waals surface area (Å²) >= 11 is 4.88. The average molecular weight is 470 g/mol. The van der Waals surface area contributed by atoms with Gasteiger partial charge in [-0.05, 0) is 63.8 Å². The van der Waals surface area contributed by atoms with E-state index in [2.05, 4.69) is 32.3 Å². The Bertz CT molecular complexity index is 1060. The van der Waals surface area contributed by atoms with Gasteiger partial charge < -0.3 is 15.8 Å². The maximum atomic E-state index is 12.8. The largest absolute Gasteiger partial charge is 0.497 e. The molecule has 0 radical (unpaired) electrons. The van der Waals surface area contributed by atoms with Crippen molar-refractivity contribution in [3.8, 4) is 16.9 Å². The van der Waals surface area contributed by atoms with Gasteiger partial charge in [0, 0.05) is 22.3 Å². The molecule has 5 nitrogen and oxygen atoms in total. The Morgan fingerprint density at radius 1 is 1.21 bits per heavy atom. The van der Waals surface area contributed by atoms with Crippen molar-refractivity contribution in [3.63, 3.8) is 0 Å². The first-order chi connectivity index (χ1) is 14.0. The standard InChI is InChI=1S/C22H20BrN3O2S/c1-28-16-6-4-5-13(10-16)15-9-14-11-18(24)20(29-22(14)25-12-15)21(27)26-19-8-3-2-7-17(19)23/h2-10,12,18,20H,11,24H2,1H3,(H,26,27). The zero-order chi connectivity index (χ0) is 20.4. The predicted molar refractivity (Wildman–Crippen MR) is 120 cm³/mol. The van der Waals surface area contributed by atoms with Gasteiger partial charge in [-0.3, -0.25) is 4.79 Å². The number of para-hydroxylation sites is 1. The molecule has 0 spiro atoms. The number of amides is 1. The third-order valence-electron chi connectivity index (χ3n) is 4.80. The molecular formula is C22H20BrN3O2S. The number of nitrogens with zero attached hydrogens (tertiary/aromatic N) is 1. The highest BCUT2D eigenvalue weighted by Gasteiger charge is 2.33. The van der Waals surface area contributed by atoms with Gasteiger partial charge in [0.2, 0.25) is 5.91 Å². The Morgan fingerprint density at radius 2 is 2.03 bits per heavy atom. The van der Waals surface area contributed by atoms with E-state index in [1.54, 1.807) is 7.11 Å². The van der Waals surface area contributed by atoms with Crippen LogP contribution in [0, 0.1) is 0 Å². The first-order valence-corrected chi connectivity index (χ1v) is 10.8. The van der Waals surface area contributed by atoms with Crippen LogP contribution in [-0.4, -0.2) is 29.3 Å². The summed E-state index contributed by atoms with van der Waals surface area (Å²) in [5.41, 5.74) is 10.2. The fourth-order valence-corrected chi connectivity index (χ4v) is 4.76. The molecule has 0 fully saturated rings. The second-order valence-electron chi connectivity index (χ2n) is 6.80. The van der Waals surface area contributed by atoms with Crippen LogP contribution in [0.3, 0.4) is 0 Å². The van der Waals surface area contributed by atoms with Crippen LogP contribution in [0.5, 0.6) is 5.75 Å². The Hall–Kier alpha value is -2.35. The number of aromatic nitrogens is 1. The van der Waals surface area contributed by atoms with E-state index in [-0.39, 0.29) is 11.9 Å². The maximum Gasteiger partial charge on any atom is 0.239 e. The number of nitrogens with two attached hydrogens (primary N) is 1. The van der Waals surface area contributed by atoms with Gasteiger partial charge in [-0.15, -0.1) is 0 Å². The van der Waals surface area contributed by atoms with E-state index in [9.17, 15) is 4.79 Å². The zero-order valence-electron chi connectivity index (χ0n) is 15.8. The SMILES string of the molecule is COc1cccc(-c2cnc3c(c2)CC(N)C(C(=O)Nc2ccccc2Br)S3)c1. The van der Waals surface area contributed by atoms with Gasteiger partial charge in [-0.1, -0.05) is 36.0 Å². The number of halogens is 1. The zero-order valence-corrected chi connectivity index (χ0v) is 18.2. The summed E-state index contributed by atoms with van der Waals surface area (Å²) in [7, 11) is 1.65. The normalized spacial score (nSPS) is 18.0. The molecule has 148 valence electrons. The van der Waals surface area contributed by atoms with Crippen LogP contribution in [0.2, 0.25) is 0 Å². The number of pyridine rings is 1. The van der Waals surface area contributed by atoms with Crippen LogP contribution in [0.15, 0.2) is 70.3 Å². The summed E-state index contributed by atoms with van der Waals surface area (Å²) in [6, 6.07) is 17.2. The topological polar surface area (TPSA) is 77.2 Å². The molecule has 3 aromatic rings. The van der Waals surface area contributed by atoms with Crippen LogP contribution in [-0.2, 0) is 11.2 Å². The number of fused-ring (bicyclic) bond motifs is 1. The van der Waals surface area contributed by atoms with E-state index in [4.69, 9.17) is 10.5 Å². The maximum absolute atomic E-state index is 12.8. The van der Waals surface area contributed by atoms with Crippen LogP contribution in [0.1, 0.15) is 5.56 Å². The van der Waals surface area contributed by atoms with Crippen LogP contribution >= 0.6 is 27.7 Å². The third kappa shape index (κ3) is 4.32. The third-order valence-corrected chi connectivity index (χ3v) is 6.90. The minimum atomic E-state index is -0.398. The molecule has 0 saturated heterocycles. The second-order valence-corrected chi connectivity index (χ2v) is 8.78. The lowest BCUT2D eigenvalue weighted by Crippen LogP contribution is -2.44. The first kappa shape index (κ1) is 19.9. The van der Waals surface area contributed by atoms with Crippen LogP contribution in [0.4, 0.5) is 5.69 Å². The van der Waals surface area contributed by atoms with Gasteiger partial charge in [0.15, 0.2) is 0 Å². The quantitative estimate of drug-likeness (QED) is 0.587. The second kappa shape index (κ2) is 8.57. The Balaban J connectivity index is 1.55. The van der Waals surface area contributed by atoms with E-state index in [0.717, 1.165) is 37.6 Å². The van der Waals surface area contributed by atoms with Crippen molar-refractivity contribution in [1.82, 2.24) is 4.98 Å². The molecule has 2 unspecified atom stereocenters. The number of carbonyl (C=O) groups excluding carboxylic acids is 1. The summed E-state index contributed by atoms with van der Waals surface area (Å²) in [6.45, 7) is 0. The van der Waals surface area contributed by atoms with Crippen molar-refractivity contribution in [3.05, 3.63) is 70.8 Å². The number of nitrogens with one attached hydrogen (secondary N) is 1. The number of rotatable bonds is 4. The lowest BCUT2D eigenvalue weighted by molar-refractivity contribution is -0.116. The molecular weight excluding hydrogens is 450 g/mol. The fraction of sp³-hybridized carbons (Fsp3) is 0.182. The monoisotopic (exact) mass is 469 g/mol. The molecule has 2 heterocycles. The van der Waals surface area contributed by atoms with Gasteiger partial charge in [0.25, 0.3) is 0 Å². The van der Waals surface area contributed by atoms with Crippen molar-refractivity contribution < 1.29 is 9.53 Å². The average Bonchev–Trinajstić information content (AvgIpc) is 2.74. The summed E-state index contributed by atoms with van der Waals surface area (Å²) in [6.07, 6.45) is 2.43. The van der Waals surface area contributed by atoms with Gasteiger partial charge >= 0.3 is 0 Å². The van der Waals surface area contributed by atoms with Crippen molar-refractivity contribution in [2.45, 2.75) is 22.7 Å². The Labute approximate surface area is 182 Å². The number of ether oxygens (including phenoxy) is 1. The summed E-state index contributed by atoms with van der Waals surface area (Å²) in [5, 5.41) is 3.42. The smallest absolute Gasteiger partial charge is 0.239 e. The van der Waals surface area contributed by atoms with E-state index in [1.165, 1.54) is 11.8 Å². The van der Waals surface area contributed by atoms with Crippen molar-refractivity contribution >= 4 is 39.3 Å². The van der Waals surface area contributed by atoms with E-state index >= 15 is 0 Å². The van der Waals surface area contributed by atoms with Crippen LogP contribution < -0.4 is 15.8 Å². The van der Waals surface area contributed by atoms with Crippen molar-refractivity contribution in [2.75, 3.05) is 12.4 Å². The minimum absolute atomic E-state index is 0.112. The molecule has 1 amide bonds. The number of hydrogen-bond donors (Lipinski definition) is 2. The van der Waals surface area contributed by atoms with Crippen molar-refractivity contribution in [1.29, 1.82) is 0 Å². The minimum Gasteiger partial charge on any atom is -0.497 e. The molecule has 1 aliphatic rings. The fourth-order valence-electron chi connectivity index (χ4n) is 3.29. The Morgan fingerprint density at radius 3 is 2.83 bits per heavy atom. The van der Waals surface area contributed by atoms with Gasteiger partial charge in [0.05, 0.1) is 12.8 Å². The number of thioether (sulfide) groups is 1. The number of anilines is 1. The molecule has 1 aliphatic heterocycles. The Kier molecular flexibility index (Phi) is 5.89. The van der Waals surface area contributed by atoms with Crippen LogP contribution in [0.25, 0.3) is 11.1 Å². The summed E-state index contributed by atoms with van der Waals surface area (Å²) in [4.78, 5) is 17.4. The molecule has 7 heteroatoms. The number of carbonyl (C=O) groups is 1. The van der Waals surface area contributed by atoms with Gasteiger partial charge in [-0.25, -0.2) is 4.98 Å². The molecule has 0 aliphatic carbocycles. The van der Waals surface area contributed by atoms with Crippen molar-refractivity contribution in [2.24, 2.45) is 5.73 Å². The summed E-state index contributed by atoms with van der Waals surface area (Å²) < 4.78 is 6.15. The van der Waals surface area contributed by atoms with Gasteiger partial charge in [0.1, 0.15) is 16.0 Å². The first-order valence-electron chi connectivity index (χ1n) is 9.16. The lowest BCUT2D eigenvalue weighted by Gasteiger charge is -2.28. The highest BCUT2D eigenvalue weighted by molar-refractivity contribution is 9.10. The number of hydrogen-bond acceptors (Lipinski definition) is 5. The highest BCUT2D eigenvalue weighted by Crippen LogP contribution is 2.36. The molecule has 2 aromatic carbocycles. The predicted octanol–water partition coefficient (Wildman–Crippen LogP) is 4.50. The summed E-state index contributed by atoms with van der Waals surface area (Å²) in [5.74, 6) is 0.689. The molecule has 1 aromatic heterocycles. The highest BCUT2D eigenvalue weighted by atomic mass is 79.9. The molecule has 0 saturated carbocycles. The molecule has 4 rings (SSSR count). The number of benzene rings is 2. The molecule has 29 heavy (non-hydrogen) atoms. The lowest BCUT2D eigenvalue weighted by atomic mass is 10.00. The molecule has 3 N–H and O–H groups in total. The van der Waals surface area contributed by atoms with E-state index in [1.807, 2.05) is 54.7 Å². The van der Waals surface area contributed by atoms with E-state index in [0.29, 0.717) is 6.42 Å². The molecule has 2 atom stereocenters. The molecule has 0 bridgehead atoms.